The van der Waals surface area contributed by atoms with Gasteiger partial charge in [-0.05, 0) is 50.1 Å². The largest absolute Gasteiger partial charge is 0.495 e. The Balaban J connectivity index is 1.66. The lowest BCUT2D eigenvalue weighted by Gasteiger charge is -2.27. The smallest absolute Gasteiger partial charge is 0.331 e. The molecule has 2 aromatic rings. The summed E-state index contributed by atoms with van der Waals surface area (Å²) in [6.45, 7) is 1.72. The van der Waals surface area contributed by atoms with Crippen molar-refractivity contribution in [3.05, 3.63) is 48.0 Å². The number of carbonyl (C=O) groups is 3. The van der Waals surface area contributed by atoms with Gasteiger partial charge < -0.3 is 29.6 Å². The van der Waals surface area contributed by atoms with E-state index < -0.39 is 17.4 Å². The Morgan fingerprint density at radius 1 is 0.941 bits per heavy atom. The normalized spacial score (nSPS) is 14.1. The molecular weight excluding hydrogens is 440 g/mol. The minimum absolute atomic E-state index is 0.251. The molecule has 0 saturated heterocycles. The monoisotopic (exact) mass is 470 g/mol. The van der Waals surface area contributed by atoms with Crippen molar-refractivity contribution in [3.63, 3.8) is 0 Å². The van der Waals surface area contributed by atoms with Gasteiger partial charge in [0.1, 0.15) is 11.3 Å². The molecule has 3 rings (SSSR count). The summed E-state index contributed by atoms with van der Waals surface area (Å²) in [5.74, 6) is -0.0790. The van der Waals surface area contributed by atoms with E-state index in [1.165, 1.54) is 20.3 Å². The molecule has 2 N–H and O–H groups in total. The molecule has 1 aliphatic rings. The van der Waals surface area contributed by atoms with Crippen LogP contribution in [0, 0.1) is 0 Å². The molecule has 9 nitrogen and oxygen atoms in total. The van der Waals surface area contributed by atoms with Gasteiger partial charge in [-0.15, -0.1) is 0 Å². The zero-order valence-electron chi connectivity index (χ0n) is 19.6. The summed E-state index contributed by atoms with van der Waals surface area (Å²) < 4.78 is 21.4. The predicted octanol–water partition coefficient (Wildman–Crippen LogP) is 3.33. The van der Waals surface area contributed by atoms with Gasteiger partial charge in [0, 0.05) is 5.56 Å². The van der Waals surface area contributed by atoms with Crippen LogP contribution in [-0.2, 0) is 14.3 Å². The second-order valence-corrected chi connectivity index (χ2v) is 7.87. The van der Waals surface area contributed by atoms with Gasteiger partial charge in [-0.1, -0.05) is 25.0 Å². The molecule has 2 amide bonds. The van der Waals surface area contributed by atoms with Gasteiger partial charge >= 0.3 is 5.97 Å². The van der Waals surface area contributed by atoms with Crippen molar-refractivity contribution in [1.82, 2.24) is 5.32 Å². The lowest BCUT2D eigenvalue weighted by molar-refractivity contribution is -0.150. The zero-order valence-corrected chi connectivity index (χ0v) is 19.6. The van der Waals surface area contributed by atoms with Gasteiger partial charge in [-0.3, -0.25) is 9.59 Å². The first kappa shape index (κ1) is 24.9. The number of ether oxygens (including phenoxy) is 4. The van der Waals surface area contributed by atoms with Crippen LogP contribution in [0.2, 0.25) is 0 Å². The number of hydrogen-bond donors (Lipinski definition) is 2. The second kappa shape index (κ2) is 11.4. The summed E-state index contributed by atoms with van der Waals surface area (Å²) in [6.07, 6.45) is 2.76. The van der Waals surface area contributed by atoms with Crippen LogP contribution in [0.5, 0.6) is 17.2 Å². The van der Waals surface area contributed by atoms with Crippen molar-refractivity contribution in [3.8, 4) is 17.2 Å². The summed E-state index contributed by atoms with van der Waals surface area (Å²) in [5, 5.41) is 5.59. The van der Waals surface area contributed by atoms with Crippen molar-refractivity contribution in [2.45, 2.75) is 38.1 Å². The van der Waals surface area contributed by atoms with E-state index in [4.69, 9.17) is 18.9 Å². The maximum atomic E-state index is 12.9. The van der Waals surface area contributed by atoms with Crippen LogP contribution in [0.25, 0.3) is 0 Å². The van der Waals surface area contributed by atoms with Crippen LogP contribution in [0.4, 0.5) is 5.69 Å². The molecule has 182 valence electrons. The van der Waals surface area contributed by atoms with Gasteiger partial charge in [0.15, 0.2) is 18.1 Å². The Kier molecular flexibility index (Phi) is 8.34. The lowest BCUT2D eigenvalue weighted by Crippen LogP contribution is -2.53. The van der Waals surface area contributed by atoms with E-state index in [2.05, 4.69) is 10.6 Å². The Morgan fingerprint density at radius 3 is 2.32 bits per heavy atom. The lowest BCUT2D eigenvalue weighted by atomic mass is 9.97. The van der Waals surface area contributed by atoms with Crippen molar-refractivity contribution < 1.29 is 33.3 Å². The highest BCUT2D eigenvalue weighted by Gasteiger charge is 2.44. The number of methoxy groups -OCH3 is 2. The van der Waals surface area contributed by atoms with Crippen molar-refractivity contribution in [2.75, 3.05) is 32.8 Å². The minimum atomic E-state index is -1.01. The molecule has 34 heavy (non-hydrogen) atoms. The van der Waals surface area contributed by atoms with Gasteiger partial charge in [0.25, 0.3) is 11.8 Å². The number of amides is 2. The van der Waals surface area contributed by atoms with Gasteiger partial charge in [0.2, 0.25) is 0 Å². The quantitative estimate of drug-likeness (QED) is 0.512. The van der Waals surface area contributed by atoms with Gasteiger partial charge in [-0.2, -0.15) is 0 Å². The molecule has 0 atom stereocenters. The average molecular weight is 471 g/mol. The van der Waals surface area contributed by atoms with E-state index in [-0.39, 0.29) is 24.9 Å². The highest BCUT2D eigenvalue weighted by Crippen LogP contribution is 2.33. The first-order chi connectivity index (χ1) is 16.4. The number of nitrogens with one attached hydrogen (secondary N) is 2. The third kappa shape index (κ3) is 5.78. The van der Waals surface area contributed by atoms with E-state index in [1.54, 1.807) is 43.3 Å². The van der Waals surface area contributed by atoms with Crippen LogP contribution < -0.4 is 24.8 Å². The fraction of sp³-hybridized carbons (Fsp3) is 0.400. The van der Waals surface area contributed by atoms with Gasteiger partial charge in [-0.25, -0.2) is 4.79 Å². The van der Waals surface area contributed by atoms with Crippen LogP contribution >= 0.6 is 0 Å². The summed E-state index contributed by atoms with van der Waals surface area (Å²) >= 11 is 0. The predicted molar refractivity (Wildman–Crippen MR) is 125 cm³/mol. The van der Waals surface area contributed by atoms with Crippen LogP contribution in [0.3, 0.4) is 0 Å². The molecule has 0 spiro atoms. The number of carbonyl (C=O) groups excluding carboxylic acids is 3. The van der Waals surface area contributed by atoms with Crippen LogP contribution in [0.15, 0.2) is 42.5 Å². The molecule has 0 aromatic heterocycles. The molecule has 1 fully saturated rings. The number of hydrogen-bond acceptors (Lipinski definition) is 7. The van der Waals surface area contributed by atoms with Gasteiger partial charge in [0.05, 0.1) is 26.5 Å². The van der Waals surface area contributed by atoms with Crippen LogP contribution in [0.1, 0.15) is 43.0 Å². The van der Waals surface area contributed by atoms with Crippen molar-refractivity contribution in [2.24, 2.45) is 0 Å². The Hall–Kier alpha value is -3.75. The molecule has 9 heteroatoms. The van der Waals surface area contributed by atoms with E-state index in [0.717, 1.165) is 12.8 Å². The third-order valence-electron chi connectivity index (χ3n) is 5.64. The topological polar surface area (TPSA) is 112 Å². The fourth-order valence-electron chi connectivity index (χ4n) is 3.92. The zero-order chi connectivity index (χ0) is 24.6. The Labute approximate surface area is 198 Å². The maximum Gasteiger partial charge on any atom is 0.331 e. The minimum Gasteiger partial charge on any atom is -0.495 e. The average Bonchev–Trinajstić information content (AvgIpc) is 3.32. The van der Waals surface area contributed by atoms with Crippen LogP contribution in [-0.4, -0.2) is 50.8 Å². The molecule has 1 saturated carbocycles. The molecular formula is C25H30N2O7. The van der Waals surface area contributed by atoms with E-state index in [9.17, 15) is 14.4 Å². The summed E-state index contributed by atoms with van der Waals surface area (Å²) in [5.41, 5.74) is -0.176. The van der Waals surface area contributed by atoms with Crippen molar-refractivity contribution in [1.29, 1.82) is 0 Å². The molecule has 0 unspecified atom stereocenters. The standard InChI is InChI=1S/C25H30N2O7/c1-4-33-24(30)25(13-7-8-14-25)27-23(29)17-11-12-20(21(15-17)32-3)34-16-22(28)26-18-9-5-6-10-19(18)31-2/h5-6,9-12,15H,4,7-8,13-14,16H2,1-3H3,(H,26,28)(H,27,29). The number of rotatable bonds is 10. The van der Waals surface area contributed by atoms with E-state index in [0.29, 0.717) is 35.6 Å². The highest BCUT2D eigenvalue weighted by atomic mass is 16.5. The number of esters is 1. The first-order valence-corrected chi connectivity index (χ1v) is 11.2. The molecule has 2 aromatic carbocycles. The molecule has 0 bridgehead atoms. The molecule has 0 heterocycles. The summed E-state index contributed by atoms with van der Waals surface area (Å²) in [4.78, 5) is 37.8. The SMILES string of the molecule is CCOC(=O)C1(NC(=O)c2ccc(OCC(=O)Nc3ccccc3OC)c(OC)c2)CCCC1. The summed E-state index contributed by atoms with van der Waals surface area (Å²) in [7, 11) is 2.96. The number of anilines is 1. The fourth-order valence-corrected chi connectivity index (χ4v) is 3.92. The first-order valence-electron chi connectivity index (χ1n) is 11.2. The highest BCUT2D eigenvalue weighted by molar-refractivity contribution is 5.99. The molecule has 0 aliphatic heterocycles. The Bertz CT molecular complexity index is 1030. The Morgan fingerprint density at radius 2 is 1.65 bits per heavy atom. The molecule has 1 aliphatic carbocycles. The van der Waals surface area contributed by atoms with E-state index in [1.807, 2.05) is 0 Å². The molecule has 0 radical (unpaired) electrons. The van der Waals surface area contributed by atoms with E-state index >= 15 is 0 Å². The number of benzene rings is 2. The third-order valence-corrected chi connectivity index (χ3v) is 5.64. The summed E-state index contributed by atoms with van der Waals surface area (Å²) in [6, 6.07) is 11.7. The maximum absolute atomic E-state index is 12.9. The van der Waals surface area contributed by atoms with Crippen molar-refractivity contribution >= 4 is 23.5 Å². The second-order valence-electron chi connectivity index (χ2n) is 7.87. The number of para-hydroxylation sites is 2.